The summed E-state index contributed by atoms with van der Waals surface area (Å²) < 4.78 is 0.530. The molecular weight excluding hydrogens is 202 g/mol. The van der Waals surface area contributed by atoms with E-state index in [2.05, 4.69) is 4.98 Å². The van der Waals surface area contributed by atoms with Crippen LogP contribution in [0.1, 0.15) is 15.9 Å². The molecule has 0 aliphatic heterocycles. The van der Waals surface area contributed by atoms with E-state index in [1.54, 1.807) is 0 Å². The SMILES string of the molecule is Cc1csc2c(O)c(C(=O)O)cnc12. The van der Waals surface area contributed by atoms with E-state index in [1.807, 2.05) is 12.3 Å². The molecule has 0 amide bonds. The maximum absolute atomic E-state index is 10.7. The van der Waals surface area contributed by atoms with Crippen molar-refractivity contribution in [1.29, 1.82) is 0 Å². The lowest BCUT2D eigenvalue weighted by atomic mass is 10.2. The van der Waals surface area contributed by atoms with Gasteiger partial charge in [0.25, 0.3) is 0 Å². The summed E-state index contributed by atoms with van der Waals surface area (Å²) in [6.07, 6.45) is 1.18. The summed E-state index contributed by atoms with van der Waals surface area (Å²) in [6.45, 7) is 1.87. The number of thiophene rings is 1. The molecule has 2 aromatic rings. The van der Waals surface area contributed by atoms with Gasteiger partial charge in [0.05, 0.1) is 10.2 Å². The van der Waals surface area contributed by atoms with Crippen LogP contribution in [-0.2, 0) is 0 Å². The van der Waals surface area contributed by atoms with Crippen LogP contribution in [0.5, 0.6) is 5.75 Å². The average molecular weight is 209 g/mol. The van der Waals surface area contributed by atoms with E-state index in [4.69, 9.17) is 5.11 Å². The van der Waals surface area contributed by atoms with E-state index >= 15 is 0 Å². The quantitative estimate of drug-likeness (QED) is 0.753. The highest BCUT2D eigenvalue weighted by atomic mass is 32.1. The molecule has 0 aliphatic carbocycles. The number of carboxylic acids is 1. The molecule has 0 bridgehead atoms. The van der Waals surface area contributed by atoms with Crippen LogP contribution in [0.3, 0.4) is 0 Å². The molecule has 14 heavy (non-hydrogen) atoms. The lowest BCUT2D eigenvalue weighted by molar-refractivity contribution is 0.0693. The van der Waals surface area contributed by atoms with Crippen molar-refractivity contribution in [2.75, 3.05) is 0 Å². The van der Waals surface area contributed by atoms with Crippen LogP contribution in [0.25, 0.3) is 10.2 Å². The van der Waals surface area contributed by atoms with Crippen molar-refractivity contribution in [3.05, 3.63) is 22.7 Å². The van der Waals surface area contributed by atoms with Crippen LogP contribution < -0.4 is 0 Å². The normalized spacial score (nSPS) is 10.6. The van der Waals surface area contributed by atoms with Gasteiger partial charge < -0.3 is 10.2 Å². The fourth-order valence-electron chi connectivity index (χ4n) is 1.24. The Kier molecular flexibility index (Phi) is 1.89. The molecule has 4 nitrogen and oxygen atoms in total. The summed E-state index contributed by atoms with van der Waals surface area (Å²) in [4.78, 5) is 14.7. The molecular formula is C9H7NO3S. The van der Waals surface area contributed by atoms with E-state index < -0.39 is 5.97 Å². The molecule has 0 saturated carbocycles. The molecule has 0 aromatic carbocycles. The number of aromatic carboxylic acids is 1. The number of aryl methyl sites for hydroxylation is 1. The molecule has 0 saturated heterocycles. The Morgan fingerprint density at radius 1 is 1.57 bits per heavy atom. The van der Waals surface area contributed by atoms with Gasteiger partial charge in [-0.05, 0) is 17.9 Å². The van der Waals surface area contributed by atoms with E-state index in [0.29, 0.717) is 10.2 Å². The summed E-state index contributed by atoms with van der Waals surface area (Å²) >= 11 is 1.30. The molecule has 0 unspecified atom stereocenters. The molecule has 5 heteroatoms. The Morgan fingerprint density at radius 3 is 2.93 bits per heavy atom. The maximum atomic E-state index is 10.7. The highest BCUT2D eigenvalue weighted by molar-refractivity contribution is 7.17. The third-order valence-electron chi connectivity index (χ3n) is 1.97. The molecule has 2 N–H and O–H groups in total. The van der Waals surface area contributed by atoms with Gasteiger partial charge in [-0.3, -0.25) is 4.98 Å². The van der Waals surface area contributed by atoms with Crippen molar-refractivity contribution in [3.63, 3.8) is 0 Å². The standard InChI is InChI=1S/C9H7NO3S/c1-4-3-14-8-6(4)10-2-5(7(8)11)9(12)13/h2-3H,1H3,(H,10,11)(H,12,13). The van der Waals surface area contributed by atoms with Gasteiger partial charge in [0.15, 0.2) is 5.75 Å². The van der Waals surface area contributed by atoms with Gasteiger partial charge in [-0.2, -0.15) is 0 Å². The van der Waals surface area contributed by atoms with Crippen LogP contribution in [-0.4, -0.2) is 21.2 Å². The van der Waals surface area contributed by atoms with Gasteiger partial charge in [0.1, 0.15) is 5.56 Å². The highest BCUT2D eigenvalue weighted by Gasteiger charge is 2.15. The molecule has 72 valence electrons. The molecule has 0 spiro atoms. The Bertz CT molecular complexity index is 518. The monoisotopic (exact) mass is 209 g/mol. The van der Waals surface area contributed by atoms with Gasteiger partial charge in [-0.1, -0.05) is 0 Å². The Morgan fingerprint density at radius 2 is 2.29 bits per heavy atom. The van der Waals surface area contributed by atoms with Crippen molar-refractivity contribution in [2.45, 2.75) is 6.92 Å². The molecule has 0 atom stereocenters. The second kappa shape index (κ2) is 2.95. The number of carboxylic acid groups (broad SMARTS) is 1. The number of aromatic nitrogens is 1. The van der Waals surface area contributed by atoms with E-state index in [-0.39, 0.29) is 11.3 Å². The van der Waals surface area contributed by atoms with Crippen LogP contribution in [0.2, 0.25) is 0 Å². The molecule has 2 heterocycles. The Labute approximate surface area is 83.5 Å². The summed E-state index contributed by atoms with van der Waals surface area (Å²) in [5.41, 5.74) is 1.45. The Hall–Kier alpha value is -1.62. The summed E-state index contributed by atoms with van der Waals surface area (Å²) in [5.74, 6) is -1.36. The summed E-state index contributed by atoms with van der Waals surface area (Å²) in [7, 11) is 0. The topological polar surface area (TPSA) is 70.4 Å². The number of fused-ring (bicyclic) bond motifs is 1. The van der Waals surface area contributed by atoms with Gasteiger partial charge in [0, 0.05) is 6.20 Å². The zero-order valence-corrected chi connectivity index (χ0v) is 8.13. The summed E-state index contributed by atoms with van der Waals surface area (Å²) in [5, 5.41) is 20.2. The smallest absolute Gasteiger partial charge is 0.341 e. The highest BCUT2D eigenvalue weighted by Crippen LogP contribution is 2.33. The predicted molar refractivity (Wildman–Crippen MR) is 53.0 cm³/mol. The first-order chi connectivity index (χ1) is 6.61. The van der Waals surface area contributed by atoms with Crippen LogP contribution >= 0.6 is 11.3 Å². The van der Waals surface area contributed by atoms with Crippen molar-refractivity contribution in [3.8, 4) is 5.75 Å². The van der Waals surface area contributed by atoms with Crippen molar-refractivity contribution < 1.29 is 15.0 Å². The van der Waals surface area contributed by atoms with Gasteiger partial charge >= 0.3 is 5.97 Å². The zero-order valence-electron chi connectivity index (χ0n) is 7.31. The number of carbonyl (C=O) groups is 1. The van der Waals surface area contributed by atoms with Crippen molar-refractivity contribution in [2.24, 2.45) is 0 Å². The zero-order chi connectivity index (χ0) is 10.3. The van der Waals surface area contributed by atoms with E-state index in [0.717, 1.165) is 5.56 Å². The first-order valence-electron chi connectivity index (χ1n) is 3.90. The predicted octanol–water partition coefficient (Wildman–Crippen LogP) is 2.01. The number of nitrogens with zero attached hydrogens (tertiary/aromatic N) is 1. The largest absolute Gasteiger partial charge is 0.505 e. The number of pyridine rings is 1. The number of hydrogen-bond donors (Lipinski definition) is 2. The number of rotatable bonds is 1. The van der Waals surface area contributed by atoms with E-state index in [9.17, 15) is 9.90 Å². The molecule has 2 aromatic heterocycles. The molecule has 2 rings (SSSR count). The van der Waals surface area contributed by atoms with Crippen molar-refractivity contribution in [1.82, 2.24) is 4.98 Å². The van der Waals surface area contributed by atoms with E-state index in [1.165, 1.54) is 17.5 Å². The lowest BCUT2D eigenvalue weighted by Gasteiger charge is -1.99. The number of hydrogen-bond acceptors (Lipinski definition) is 4. The summed E-state index contributed by atoms with van der Waals surface area (Å²) in [6, 6.07) is 0. The van der Waals surface area contributed by atoms with Gasteiger partial charge in [-0.15, -0.1) is 11.3 Å². The first kappa shape index (κ1) is 8.96. The fraction of sp³-hybridized carbons (Fsp3) is 0.111. The average Bonchev–Trinajstić information content (AvgIpc) is 2.49. The number of aromatic hydroxyl groups is 1. The fourth-order valence-corrected chi connectivity index (χ4v) is 2.19. The molecule has 0 radical (unpaired) electrons. The first-order valence-corrected chi connectivity index (χ1v) is 4.78. The molecule has 0 fully saturated rings. The second-order valence-corrected chi connectivity index (χ2v) is 3.80. The van der Waals surface area contributed by atoms with Crippen LogP contribution in [0, 0.1) is 6.92 Å². The second-order valence-electron chi connectivity index (χ2n) is 2.92. The minimum absolute atomic E-state index is 0.153. The van der Waals surface area contributed by atoms with Gasteiger partial charge in [-0.25, -0.2) is 4.79 Å². The Balaban J connectivity index is 2.82. The maximum Gasteiger partial charge on any atom is 0.341 e. The lowest BCUT2D eigenvalue weighted by Crippen LogP contribution is -1.97. The third-order valence-corrected chi connectivity index (χ3v) is 3.06. The van der Waals surface area contributed by atoms with Crippen LogP contribution in [0.4, 0.5) is 0 Å². The van der Waals surface area contributed by atoms with Crippen LogP contribution in [0.15, 0.2) is 11.6 Å². The van der Waals surface area contributed by atoms with Crippen molar-refractivity contribution >= 4 is 27.5 Å². The minimum atomic E-state index is -1.16. The third kappa shape index (κ3) is 1.13. The molecule has 0 aliphatic rings. The minimum Gasteiger partial charge on any atom is -0.505 e. The van der Waals surface area contributed by atoms with Gasteiger partial charge in [0.2, 0.25) is 0 Å².